The highest BCUT2D eigenvalue weighted by Gasteiger charge is 2.63. The fraction of sp³-hybridized carbons (Fsp3) is 0.889. The van der Waals surface area contributed by atoms with E-state index in [-0.39, 0.29) is 36.4 Å². The fourth-order valence-electron chi connectivity index (χ4n) is 3.11. The molecule has 3 atom stereocenters. The Morgan fingerprint density at radius 1 is 1.24 bits per heavy atom. The molecule has 1 fully saturated rings. The van der Waals surface area contributed by atoms with E-state index in [1.165, 1.54) is 0 Å². The minimum Gasteiger partial charge on any atom is -0.461 e. The van der Waals surface area contributed by atoms with Gasteiger partial charge in [0.25, 0.3) is 0 Å². The Labute approximate surface area is 158 Å². The SMILES string of the molecule is CCOC1CC(N)(C(=O)N[C@@H](CC(C)C)C(=O)OC(C)C)C1(C)C.Cl. The lowest BCUT2D eigenvalue weighted by Gasteiger charge is -2.57. The van der Waals surface area contributed by atoms with Gasteiger partial charge in [-0.1, -0.05) is 27.7 Å². The summed E-state index contributed by atoms with van der Waals surface area (Å²) in [6, 6.07) is -0.678. The Hall–Kier alpha value is -0.850. The highest BCUT2D eigenvalue weighted by atomic mass is 35.5. The highest BCUT2D eigenvalue weighted by molar-refractivity contribution is 5.92. The van der Waals surface area contributed by atoms with Crippen molar-refractivity contribution in [2.24, 2.45) is 17.1 Å². The van der Waals surface area contributed by atoms with E-state index in [2.05, 4.69) is 5.32 Å². The van der Waals surface area contributed by atoms with Crippen molar-refractivity contribution in [2.45, 2.75) is 85.1 Å². The van der Waals surface area contributed by atoms with Gasteiger partial charge in [-0.2, -0.15) is 0 Å². The third kappa shape index (κ3) is 5.31. The van der Waals surface area contributed by atoms with E-state index in [1.807, 2.05) is 34.6 Å². The van der Waals surface area contributed by atoms with E-state index in [0.717, 1.165) is 0 Å². The molecule has 25 heavy (non-hydrogen) atoms. The molecule has 0 heterocycles. The van der Waals surface area contributed by atoms with Crippen LogP contribution in [0.4, 0.5) is 0 Å². The molecule has 1 rings (SSSR count). The van der Waals surface area contributed by atoms with Gasteiger partial charge in [0.05, 0.1) is 12.2 Å². The highest BCUT2D eigenvalue weighted by Crippen LogP contribution is 2.49. The Morgan fingerprint density at radius 2 is 1.80 bits per heavy atom. The van der Waals surface area contributed by atoms with Gasteiger partial charge in [-0.3, -0.25) is 4.79 Å². The third-order valence-electron chi connectivity index (χ3n) is 4.88. The second-order valence-electron chi connectivity index (χ2n) is 7.98. The number of carbonyl (C=O) groups excluding carboxylic acids is 2. The molecule has 0 aromatic rings. The molecule has 2 unspecified atom stereocenters. The minimum atomic E-state index is -1.04. The molecule has 0 aliphatic heterocycles. The van der Waals surface area contributed by atoms with Crippen LogP contribution >= 0.6 is 12.4 Å². The van der Waals surface area contributed by atoms with Gasteiger partial charge in [0.1, 0.15) is 11.6 Å². The number of nitrogens with two attached hydrogens (primary N) is 1. The zero-order valence-electron chi connectivity index (χ0n) is 16.5. The van der Waals surface area contributed by atoms with E-state index in [0.29, 0.717) is 19.4 Å². The third-order valence-corrected chi connectivity index (χ3v) is 4.88. The molecule has 6 nitrogen and oxygen atoms in total. The topological polar surface area (TPSA) is 90.6 Å². The van der Waals surface area contributed by atoms with Crippen molar-refractivity contribution in [3.8, 4) is 0 Å². The van der Waals surface area contributed by atoms with Gasteiger partial charge in [-0.15, -0.1) is 12.4 Å². The Kier molecular flexibility index (Phi) is 8.88. The second-order valence-corrected chi connectivity index (χ2v) is 7.98. The van der Waals surface area contributed by atoms with Crippen LogP contribution in [0.2, 0.25) is 0 Å². The van der Waals surface area contributed by atoms with Gasteiger partial charge in [0.15, 0.2) is 0 Å². The largest absolute Gasteiger partial charge is 0.461 e. The van der Waals surface area contributed by atoms with Gasteiger partial charge < -0.3 is 20.5 Å². The molecule has 3 N–H and O–H groups in total. The van der Waals surface area contributed by atoms with Crippen molar-refractivity contribution < 1.29 is 19.1 Å². The van der Waals surface area contributed by atoms with Gasteiger partial charge in [0, 0.05) is 18.4 Å². The summed E-state index contributed by atoms with van der Waals surface area (Å²) in [4.78, 5) is 25.1. The van der Waals surface area contributed by atoms with Crippen LogP contribution in [-0.4, -0.2) is 42.3 Å². The summed E-state index contributed by atoms with van der Waals surface area (Å²) in [5, 5.41) is 2.82. The van der Waals surface area contributed by atoms with Crippen molar-refractivity contribution in [1.82, 2.24) is 5.32 Å². The zero-order valence-corrected chi connectivity index (χ0v) is 17.4. The maximum Gasteiger partial charge on any atom is 0.328 e. The minimum absolute atomic E-state index is 0. The van der Waals surface area contributed by atoms with Gasteiger partial charge in [0.2, 0.25) is 5.91 Å². The first-order chi connectivity index (χ1) is 11.0. The molecular formula is C18H35ClN2O4. The summed E-state index contributed by atoms with van der Waals surface area (Å²) >= 11 is 0. The predicted molar refractivity (Wildman–Crippen MR) is 101 cm³/mol. The summed E-state index contributed by atoms with van der Waals surface area (Å²) in [5.74, 6) is -0.474. The standard InChI is InChI=1S/C18H34N2O4.ClH/c1-8-23-14-10-18(19,17(14,6)7)16(22)20-13(9-11(2)3)15(21)24-12(4)5;/h11-14H,8-10,19H2,1-7H3,(H,20,22);1H/t13-,14?,18?;/m0./s1. The molecule has 1 amide bonds. The Morgan fingerprint density at radius 3 is 2.20 bits per heavy atom. The average Bonchev–Trinajstić information content (AvgIpc) is 2.44. The van der Waals surface area contributed by atoms with Crippen LogP contribution in [0.5, 0.6) is 0 Å². The molecular weight excluding hydrogens is 344 g/mol. The van der Waals surface area contributed by atoms with Crippen molar-refractivity contribution in [3.63, 3.8) is 0 Å². The van der Waals surface area contributed by atoms with Crippen LogP contribution in [0, 0.1) is 11.3 Å². The zero-order chi connectivity index (χ0) is 18.7. The van der Waals surface area contributed by atoms with Crippen molar-refractivity contribution in [1.29, 1.82) is 0 Å². The molecule has 0 radical (unpaired) electrons. The number of carbonyl (C=O) groups is 2. The van der Waals surface area contributed by atoms with Crippen LogP contribution in [0.15, 0.2) is 0 Å². The first-order valence-electron chi connectivity index (χ1n) is 8.87. The smallest absolute Gasteiger partial charge is 0.328 e. The number of amides is 1. The van der Waals surface area contributed by atoms with E-state index < -0.39 is 23.0 Å². The quantitative estimate of drug-likeness (QED) is 0.633. The van der Waals surface area contributed by atoms with Crippen LogP contribution in [0.25, 0.3) is 0 Å². The van der Waals surface area contributed by atoms with Crippen molar-refractivity contribution in [3.05, 3.63) is 0 Å². The van der Waals surface area contributed by atoms with Gasteiger partial charge in [-0.25, -0.2) is 4.79 Å². The lowest BCUT2D eigenvalue weighted by molar-refractivity contribution is -0.173. The summed E-state index contributed by atoms with van der Waals surface area (Å²) in [6.07, 6.45) is 0.693. The average molecular weight is 379 g/mol. The summed E-state index contributed by atoms with van der Waals surface area (Å²) in [6.45, 7) is 13.9. The van der Waals surface area contributed by atoms with Crippen molar-refractivity contribution in [2.75, 3.05) is 6.61 Å². The molecule has 1 aliphatic carbocycles. The monoisotopic (exact) mass is 378 g/mol. The van der Waals surface area contributed by atoms with Crippen molar-refractivity contribution >= 4 is 24.3 Å². The predicted octanol–water partition coefficient (Wildman–Crippen LogP) is 2.42. The Bertz CT molecular complexity index is 468. The number of halogens is 1. The van der Waals surface area contributed by atoms with Gasteiger partial charge >= 0.3 is 5.97 Å². The number of ether oxygens (including phenoxy) is 2. The lowest BCUT2D eigenvalue weighted by Crippen LogP contribution is -2.76. The Balaban J connectivity index is 0.00000576. The summed E-state index contributed by atoms with van der Waals surface area (Å²) in [7, 11) is 0. The summed E-state index contributed by atoms with van der Waals surface area (Å²) < 4.78 is 10.9. The maximum atomic E-state index is 12.8. The molecule has 0 aromatic heterocycles. The molecule has 0 saturated heterocycles. The first kappa shape index (κ1) is 24.1. The second kappa shape index (κ2) is 9.19. The van der Waals surface area contributed by atoms with E-state index in [4.69, 9.17) is 15.2 Å². The molecule has 0 spiro atoms. The van der Waals surface area contributed by atoms with E-state index >= 15 is 0 Å². The molecule has 1 saturated carbocycles. The number of rotatable bonds is 8. The fourth-order valence-corrected chi connectivity index (χ4v) is 3.11. The first-order valence-corrected chi connectivity index (χ1v) is 8.87. The van der Waals surface area contributed by atoms with Crippen LogP contribution in [0.1, 0.15) is 61.3 Å². The van der Waals surface area contributed by atoms with Gasteiger partial charge in [-0.05, 0) is 33.1 Å². The van der Waals surface area contributed by atoms with Crippen LogP contribution in [-0.2, 0) is 19.1 Å². The van der Waals surface area contributed by atoms with E-state index in [9.17, 15) is 9.59 Å². The molecule has 0 bridgehead atoms. The number of nitrogens with one attached hydrogen (secondary N) is 1. The molecule has 0 aromatic carbocycles. The van der Waals surface area contributed by atoms with Crippen LogP contribution in [0.3, 0.4) is 0 Å². The van der Waals surface area contributed by atoms with E-state index in [1.54, 1.807) is 13.8 Å². The number of esters is 1. The maximum absolute atomic E-state index is 12.8. The molecule has 7 heteroatoms. The lowest BCUT2D eigenvalue weighted by atomic mass is 9.54. The molecule has 1 aliphatic rings. The number of hydrogen-bond acceptors (Lipinski definition) is 5. The normalized spacial score (nSPS) is 25.8. The summed E-state index contributed by atoms with van der Waals surface area (Å²) in [5.41, 5.74) is 4.85. The molecule has 148 valence electrons. The van der Waals surface area contributed by atoms with Crippen LogP contribution < -0.4 is 11.1 Å². The number of hydrogen-bond donors (Lipinski definition) is 2.